The quantitative estimate of drug-likeness (QED) is 0.795. The van der Waals surface area contributed by atoms with E-state index in [9.17, 15) is 8.42 Å². The van der Waals surface area contributed by atoms with Gasteiger partial charge in [0.2, 0.25) is 10.0 Å². The van der Waals surface area contributed by atoms with Crippen LogP contribution < -0.4 is 9.46 Å². The van der Waals surface area contributed by atoms with Crippen LogP contribution in [0.15, 0.2) is 57.9 Å². The fourth-order valence-corrected chi connectivity index (χ4v) is 3.38. The molecule has 6 heteroatoms. The van der Waals surface area contributed by atoms with Crippen molar-refractivity contribution in [3.8, 4) is 5.75 Å². The van der Waals surface area contributed by atoms with Gasteiger partial charge in [0.25, 0.3) is 0 Å². The summed E-state index contributed by atoms with van der Waals surface area (Å²) in [5, 5.41) is 0. The Kier molecular flexibility index (Phi) is 5.39. The van der Waals surface area contributed by atoms with Crippen LogP contribution in [-0.2, 0) is 10.0 Å². The smallest absolute Gasteiger partial charge is 0.240 e. The molecular weight excluding hydrogens is 354 g/mol. The predicted molar refractivity (Wildman–Crippen MR) is 86.0 cm³/mol. The molecule has 2 rings (SSSR count). The summed E-state index contributed by atoms with van der Waals surface area (Å²) in [5.41, 5.74) is 1.10. The lowest BCUT2D eigenvalue weighted by Gasteiger charge is -2.09. The minimum atomic E-state index is -3.51. The van der Waals surface area contributed by atoms with Gasteiger partial charge in [0.15, 0.2) is 0 Å². The minimum Gasteiger partial charge on any atom is -0.492 e. The molecule has 0 spiro atoms. The lowest BCUT2D eigenvalue weighted by Crippen LogP contribution is -2.28. The number of ether oxygens (including phenoxy) is 1. The zero-order valence-corrected chi connectivity index (χ0v) is 13.9. The summed E-state index contributed by atoms with van der Waals surface area (Å²) in [6.45, 7) is 2.46. The van der Waals surface area contributed by atoms with Gasteiger partial charge < -0.3 is 4.74 Å². The SMILES string of the molecule is Cc1cccc(OCCNS(=O)(=O)c2cccc(Br)c2)c1. The molecule has 0 heterocycles. The van der Waals surface area contributed by atoms with Crippen LogP contribution >= 0.6 is 15.9 Å². The first-order valence-corrected chi connectivity index (χ1v) is 8.70. The van der Waals surface area contributed by atoms with E-state index in [2.05, 4.69) is 20.7 Å². The van der Waals surface area contributed by atoms with Crippen molar-refractivity contribution in [2.24, 2.45) is 0 Å². The van der Waals surface area contributed by atoms with Crippen molar-refractivity contribution in [1.29, 1.82) is 0 Å². The molecule has 0 unspecified atom stereocenters. The fourth-order valence-electron chi connectivity index (χ4n) is 1.77. The lowest BCUT2D eigenvalue weighted by molar-refractivity contribution is 0.322. The van der Waals surface area contributed by atoms with Gasteiger partial charge in [0.05, 0.1) is 4.90 Å². The first kappa shape index (κ1) is 16.0. The summed E-state index contributed by atoms with van der Waals surface area (Å²) in [6.07, 6.45) is 0. The van der Waals surface area contributed by atoms with Crippen molar-refractivity contribution in [3.05, 3.63) is 58.6 Å². The van der Waals surface area contributed by atoms with Crippen molar-refractivity contribution in [2.75, 3.05) is 13.2 Å². The van der Waals surface area contributed by atoms with Gasteiger partial charge in [0, 0.05) is 11.0 Å². The minimum absolute atomic E-state index is 0.211. The maximum absolute atomic E-state index is 12.1. The Labute approximate surface area is 133 Å². The molecule has 0 fully saturated rings. The number of sulfonamides is 1. The van der Waals surface area contributed by atoms with Crippen molar-refractivity contribution in [3.63, 3.8) is 0 Å². The van der Waals surface area contributed by atoms with Gasteiger partial charge in [-0.3, -0.25) is 0 Å². The Morgan fingerprint density at radius 2 is 1.90 bits per heavy atom. The summed E-state index contributed by atoms with van der Waals surface area (Å²) < 4.78 is 32.9. The van der Waals surface area contributed by atoms with Gasteiger partial charge in [-0.15, -0.1) is 0 Å². The highest BCUT2D eigenvalue weighted by Crippen LogP contribution is 2.16. The normalized spacial score (nSPS) is 11.3. The molecule has 0 amide bonds. The van der Waals surface area contributed by atoms with Crippen LogP contribution in [-0.4, -0.2) is 21.6 Å². The number of hydrogen-bond acceptors (Lipinski definition) is 3. The van der Waals surface area contributed by atoms with E-state index in [1.54, 1.807) is 24.3 Å². The Balaban J connectivity index is 1.88. The zero-order chi connectivity index (χ0) is 15.3. The van der Waals surface area contributed by atoms with Gasteiger partial charge in [-0.1, -0.05) is 34.1 Å². The third-order valence-electron chi connectivity index (χ3n) is 2.76. The zero-order valence-electron chi connectivity index (χ0n) is 11.5. The molecule has 0 aliphatic rings. The molecule has 2 aromatic carbocycles. The number of nitrogens with one attached hydrogen (secondary N) is 1. The topological polar surface area (TPSA) is 55.4 Å². The van der Waals surface area contributed by atoms with Gasteiger partial charge in [0.1, 0.15) is 12.4 Å². The molecule has 0 aromatic heterocycles. The first-order valence-electron chi connectivity index (χ1n) is 6.42. The molecule has 1 N–H and O–H groups in total. The third-order valence-corrected chi connectivity index (χ3v) is 4.71. The van der Waals surface area contributed by atoms with Crippen LogP contribution in [0.1, 0.15) is 5.56 Å². The Hall–Kier alpha value is -1.37. The molecule has 4 nitrogen and oxygen atoms in total. The molecule has 0 aliphatic heterocycles. The maximum atomic E-state index is 12.1. The molecule has 0 radical (unpaired) electrons. The number of rotatable bonds is 6. The van der Waals surface area contributed by atoms with Crippen LogP contribution in [0, 0.1) is 6.92 Å². The highest BCUT2D eigenvalue weighted by molar-refractivity contribution is 9.10. The molecule has 112 valence electrons. The van der Waals surface area contributed by atoms with Crippen molar-refractivity contribution >= 4 is 26.0 Å². The summed E-state index contributed by atoms with van der Waals surface area (Å²) in [5.74, 6) is 0.733. The highest BCUT2D eigenvalue weighted by Gasteiger charge is 2.13. The number of benzene rings is 2. The Bertz CT molecular complexity index is 716. The summed E-state index contributed by atoms with van der Waals surface area (Å²) >= 11 is 3.26. The van der Waals surface area contributed by atoms with Gasteiger partial charge in [-0.25, -0.2) is 13.1 Å². The van der Waals surface area contributed by atoms with Crippen LogP contribution in [0.2, 0.25) is 0 Å². The maximum Gasteiger partial charge on any atom is 0.240 e. The first-order chi connectivity index (χ1) is 9.97. The van der Waals surface area contributed by atoms with Crippen molar-refractivity contribution < 1.29 is 13.2 Å². The number of halogens is 1. The molecule has 0 saturated carbocycles. The van der Waals surface area contributed by atoms with E-state index in [0.717, 1.165) is 15.8 Å². The Morgan fingerprint density at radius 3 is 2.62 bits per heavy atom. The standard InChI is InChI=1S/C15H16BrNO3S/c1-12-4-2-6-14(10-12)20-9-8-17-21(18,19)15-7-3-5-13(16)11-15/h2-7,10-11,17H,8-9H2,1H3. The monoisotopic (exact) mass is 369 g/mol. The predicted octanol–water partition coefficient (Wildman–Crippen LogP) is 3.11. The van der Waals surface area contributed by atoms with Crippen LogP contribution in [0.25, 0.3) is 0 Å². The van der Waals surface area contributed by atoms with Gasteiger partial charge in [-0.2, -0.15) is 0 Å². The molecule has 0 atom stereocenters. The molecule has 21 heavy (non-hydrogen) atoms. The van der Waals surface area contributed by atoms with E-state index < -0.39 is 10.0 Å². The molecule has 2 aromatic rings. The average molecular weight is 370 g/mol. The van der Waals surface area contributed by atoms with E-state index >= 15 is 0 Å². The summed E-state index contributed by atoms with van der Waals surface area (Å²) in [7, 11) is -3.51. The van der Waals surface area contributed by atoms with E-state index in [4.69, 9.17) is 4.74 Å². The number of aryl methyl sites for hydroxylation is 1. The van der Waals surface area contributed by atoms with Gasteiger partial charge >= 0.3 is 0 Å². The fraction of sp³-hybridized carbons (Fsp3) is 0.200. The van der Waals surface area contributed by atoms with Crippen LogP contribution in [0.3, 0.4) is 0 Å². The summed E-state index contributed by atoms with van der Waals surface area (Å²) in [6, 6.07) is 14.2. The molecule has 0 bridgehead atoms. The van der Waals surface area contributed by atoms with E-state index in [0.29, 0.717) is 0 Å². The second kappa shape index (κ2) is 7.06. The molecular formula is C15H16BrNO3S. The van der Waals surface area contributed by atoms with E-state index in [1.807, 2.05) is 31.2 Å². The average Bonchev–Trinajstić information content (AvgIpc) is 2.44. The van der Waals surface area contributed by atoms with Crippen molar-refractivity contribution in [1.82, 2.24) is 4.72 Å². The molecule has 0 saturated heterocycles. The lowest BCUT2D eigenvalue weighted by atomic mass is 10.2. The van der Waals surface area contributed by atoms with Crippen LogP contribution in [0.4, 0.5) is 0 Å². The second-order valence-electron chi connectivity index (χ2n) is 4.52. The second-order valence-corrected chi connectivity index (χ2v) is 7.20. The summed E-state index contributed by atoms with van der Waals surface area (Å²) in [4.78, 5) is 0.229. The van der Waals surface area contributed by atoms with Crippen molar-refractivity contribution in [2.45, 2.75) is 11.8 Å². The van der Waals surface area contributed by atoms with E-state index in [1.165, 1.54) is 0 Å². The molecule has 0 aliphatic carbocycles. The van der Waals surface area contributed by atoms with Gasteiger partial charge in [-0.05, 0) is 42.8 Å². The number of hydrogen-bond donors (Lipinski definition) is 1. The largest absolute Gasteiger partial charge is 0.492 e. The van der Waals surface area contributed by atoms with Crippen LogP contribution in [0.5, 0.6) is 5.75 Å². The highest BCUT2D eigenvalue weighted by atomic mass is 79.9. The van der Waals surface area contributed by atoms with E-state index in [-0.39, 0.29) is 18.0 Å². The third kappa shape index (κ3) is 4.84. The Morgan fingerprint density at radius 1 is 1.14 bits per heavy atom.